The molecular formula is C80H149N8O18P. The van der Waals surface area contributed by atoms with Gasteiger partial charge in [0.2, 0.25) is 29.5 Å². The van der Waals surface area contributed by atoms with Crippen molar-refractivity contribution < 1.29 is 85.3 Å². The molecule has 2 aliphatic heterocycles. The highest BCUT2D eigenvalue weighted by atomic mass is 31.2. The summed E-state index contributed by atoms with van der Waals surface area (Å²) in [6.45, 7) is 17.2. The van der Waals surface area contributed by atoms with Gasteiger partial charge in [0.1, 0.15) is 25.4 Å². The smallest absolute Gasteiger partial charge is 0.462 e. The summed E-state index contributed by atoms with van der Waals surface area (Å²) in [6.07, 6.45) is 39.2. The summed E-state index contributed by atoms with van der Waals surface area (Å²) in [7, 11) is -4.71. The topological polar surface area (TPSA) is 346 Å². The first-order valence-corrected chi connectivity index (χ1v) is 43.4. The van der Waals surface area contributed by atoms with Gasteiger partial charge in [-0.3, -0.25) is 47.4 Å². The van der Waals surface area contributed by atoms with E-state index in [-0.39, 0.29) is 107 Å². The summed E-state index contributed by atoms with van der Waals surface area (Å²) in [5, 5.41) is 19.3. The van der Waals surface area contributed by atoms with Crippen LogP contribution in [-0.2, 0) is 75.7 Å². The number of carbonyl (C=O) groups excluding carboxylic acids is 9. The molecule has 2 heterocycles. The number of carbonyl (C=O) groups is 9. The second-order valence-corrected chi connectivity index (χ2v) is 32.6. The van der Waals surface area contributed by atoms with Crippen LogP contribution in [0, 0.1) is 11.8 Å². The van der Waals surface area contributed by atoms with Crippen LogP contribution >= 0.6 is 7.82 Å². The number of likely N-dealkylation sites (tertiary alicyclic amines) is 1. The van der Waals surface area contributed by atoms with E-state index in [0.29, 0.717) is 58.2 Å². The van der Waals surface area contributed by atoms with Crippen LogP contribution in [0.25, 0.3) is 0 Å². The number of hydrogen-bond acceptors (Lipinski definition) is 18. The van der Waals surface area contributed by atoms with Crippen molar-refractivity contribution in [1.29, 1.82) is 0 Å². The minimum absolute atomic E-state index is 0.0616. The zero-order chi connectivity index (χ0) is 78.8. The van der Waals surface area contributed by atoms with Crippen molar-refractivity contribution in [3.05, 3.63) is 0 Å². The van der Waals surface area contributed by atoms with Crippen LogP contribution in [0.3, 0.4) is 0 Å². The second-order valence-electron chi connectivity index (χ2n) is 31.2. The molecule has 7 atom stereocenters. The Balaban J connectivity index is 1.60. The van der Waals surface area contributed by atoms with Crippen molar-refractivity contribution >= 4 is 61.3 Å². The van der Waals surface area contributed by atoms with E-state index < -0.39 is 86.9 Å². The molecule has 27 heteroatoms. The number of hydrogen-bond donors (Lipinski definition) is 8. The zero-order valence-electron chi connectivity index (χ0n) is 67.9. The first-order valence-electron chi connectivity index (χ1n) is 41.9. The Bertz CT molecular complexity index is 2480. The standard InChI is InChI=1S/C80H149N8O18P/c1-10-12-14-16-18-20-22-24-26-28-30-32-34-36-40-46-73(92)101-60-66(105-74(93)47-41-37-35-33-31-29-27-25-23-21-19-17-15-13-11-2)61-104-107(98,99)103-54-51-83-79(97)100-53-48-80(8,9)102-62-72(91)82-50-43-39-38-42-49-81-70(89)58-85-71(90)59-86-76(94)67(55-63(3)4)84-57-69-75(106-69)77(95)87-68(56-64(5)6)78(96)88-52-44-45-65(88)7/h63-69,75,84H,10-62H2,1-9H3,(H,81,89)(H,82,91)(H,83,97)(H,85,90)(H,86,94)(H,87,95)(H,98,99). The third kappa shape index (κ3) is 54.3. The number of phosphoric acid groups is 1. The number of ether oxygens (including phenoxy) is 5. The maximum Gasteiger partial charge on any atom is 0.472 e. The minimum Gasteiger partial charge on any atom is -0.462 e. The largest absolute Gasteiger partial charge is 0.472 e. The highest BCUT2D eigenvalue weighted by Gasteiger charge is 2.47. The number of alkyl carbamates (subject to hydrolysis) is 1. The van der Waals surface area contributed by atoms with Crippen LogP contribution in [0.5, 0.6) is 0 Å². The van der Waals surface area contributed by atoms with E-state index in [1.807, 2.05) is 39.5 Å². The van der Waals surface area contributed by atoms with Gasteiger partial charge >= 0.3 is 25.9 Å². The van der Waals surface area contributed by atoms with Gasteiger partial charge in [-0.1, -0.05) is 234 Å². The van der Waals surface area contributed by atoms with E-state index in [2.05, 4.69) is 51.1 Å². The monoisotopic (exact) mass is 1540 g/mol. The molecule has 107 heavy (non-hydrogen) atoms. The number of phosphoric ester groups is 1. The molecule has 0 aromatic heterocycles. The molecule has 7 unspecified atom stereocenters. The molecule has 2 aliphatic rings. The molecule has 2 saturated heterocycles. The molecule has 0 aromatic carbocycles. The number of unbranched alkanes of at least 4 members (excludes halogenated alkanes) is 31. The summed E-state index contributed by atoms with van der Waals surface area (Å²) in [5.74, 6) is -2.70. The molecule has 0 saturated carbocycles. The Hall–Kier alpha value is -4.98. The second kappa shape index (κ2) is 61.7. The van der Waals surface area contributed by atoms with E-state index >= 15 is 0 Å². The van der Waals surface area contributed by atoms with Gasteiger partial charge in [-0.05, 0) is 84.0 Å². The summed E-state index contributed by atoms with van der Waals surface area (Å²) >= 11 is 0. The average Bonchev–Trinajstić information content (AvgIpc) is 1.66. The molecule has 0 radical (unpaired) electrons. The summed E-state index contributed by atoms with van der Waals surface area (Å²) < 4.78 is 51.0. The van der Waals surface area contributed by atoms with Crippen LogP contribution in [0.4, 0.5) is 4.79 Å². The van der Waals surface area contributed by atoms with Gasteiger partial charge < -0.3 is 70.7 Å². The van der Waals surface area contributed by atoms with E-state index in [1.165, 1.54) is 141 Å². The SMILES string of the molecule is CCCCCCCCCCCCCCCCCC(=O)OCC(COP(=O)(O)OCCNC(=O)OCCC(C)(C)OCC(=O)NCCCCCCNC(=O)CNC(=O)CNC(=O)C(CC(C)C)NCC1OC1C(=O)NC(CC(C)C)C(=O)N1CCCC1C)OC(=O)CCCCCCCCCCCCCCCCC. The maximum absolute atomic E-state index is 13.3. The fraction of sp³-hybridized carbons (Fsp3) is 0.887. The van der Waals surface area contributed by atoms with Gasteiger partial charge in [0, 0.05) is 58.0 Å². The van der Waals surface area contributed by atoms with Crippen LogP contribution in [0.15, 0.2) is 0 Å². The third-order valence-corrected chi connectivity index (χ3v) is 20.5. The van der Waals surface area contributed by atoms with E-state index in [4.69, 9.17) is 32.7 Å². The number of nitrogens with zero attached hydrogens (tertiary/aromatic N) is 1. The predicted octanol–water partition coefficient (Wildman–Crippen LogP) is 13.3. The van der Waals surface area contributed by atoms with E-state index in [9.17, 15) is 52.6 Å². The summed E-state index contributed by atoms with van der Waals surface area (Å²) in [6, 6.07) is -1.17. The van der Waals surface area contributed by atoms with Crippen LogP contribution < -0.4 is 37.2 Å². The molecule has 0 aromatic rings. The van der Waals surface area contributed by atoms with Gasteiger partial charge in [0.15, 0.2) is 12.2 Å². The quantitative estimate of drug-likeness (QED) is 0.00922. The number of rotatable bonds is 70. The Morgan fingerprint density at radius 1 is 0.542 bits per heavy atom. The molecule has 622 valence electrons. The predicted molar refractivity (Wildman–Crippen MR) is 418 cm³/mol. The number of esters is 2. The minimum atomic E-state index is -4.71. The Labute approximate surface area is 644 Å². The van der Waals surface area contributed by atoms with Crippen molar-refractivity contribution in [2.75, 3.05) is 78.8 Å². The van der Waals surface area contributed by atoms with Crippen LogP contribution in [0.1, 0.15) is 326 Å². The van der Waals surface area contributed by atoms with Gasteiger partial charge in [-0.15, -0.1) is 0 Å². The molecule has 0 aliphatic carbocycles. The lowest BCUT2D eigenvalue weighted by molar-refractivity contribution is -0.161. The van der Waals surface area contributed by atoms with Crippen molar-refractivity contribution in [2.24, 2.45) is 11.8 Å². The molecule has 0 spiro atoms. The van der Waals surface area contributed by atoms with Crippen molar-refractivity contribution in [3.8, 4) is 0 Å². The van der Waals surface area contributed by atoms with E-state index in [0.717, 1.165) is 64.2 Å². The number of amides is 7. The van der Waals surface area contributed by atoms with Gasteiger partial charge in [0.25, 0.3) is 5.91 Å². The van der Waals surface area contributed by atoms with Crippen LogP contribution in [0.2, 0.25) is 0 Å². The molecule has 8 N–H and O–H groups in total. The van der Waals surface area contributed by atoms with Gasteiger partial charge in [0.05, 0.1) is 44.6 Å². The number of epoxide rings is 1. The highest BCUT2D eigenvalue weighted by Crippen LogP contribution is 2.43. The maximum atomic E-state index is 13.3. The van der Waals surface area contributed by atoms with Crippen molar-refractivity contribution in [1.82, 2.24) is 42.1 Å². The van der Waals surface area contributed by atoms with Gasteiger partial charge in [-0.25, -0.2) is 9.36 Å². The zero-order valence-corrected chi connectivity index (χ0v) is 68.8. The fourth-order valence-electron chi connectivity index (χ4n) is 12.9. The summed E-state index contributed by atoms with van der Waals surface area (Å²) in [4.78, 5) is 128. The highest BCUT2D eigenvalue weighted by molar-refractivity contribution is 7.47. The first kappa shape index (κ1) is 98.1. The van der Waals surface area contributed by atoms with E-state index in [1.54, 1.807) is 13.8 Å². The Kier molecular flexibility index (Phi) is 56.5. The molecule has 2 fully saturated rings. The molecule has 2 rings (SSSR count). The lowest BCUT2D eigenvalue weighted by atomic mass is 10.0. The molecule has 26 nitrogen and oxygen atoms in total. The van der Waals surface area contributed by atoms with Crippen LogP contribution in [-0.4, -0.2) is 184 Å². The average molecular weight is 1540 g/mol. The molecule has 7 amide bonds. The lowest BCUT2D eigenvalue weighted by Gasteiger charge is -2.28. The first-order chi connectivity index (χ1) is 51.3. The number of nitrogens with one attached hydrogen (secondary N) is 7. The normalized spacial score (nSPS) is 16.3. The van der Waals surface area contributed by atoms with Crippen molar-refractivity contribution in [2.45, 2.75) is 368 Å². The molecule has 0 bridgehead atoms. The van der Waals surface area contributed by atoms with Gasteiger partial charge in [-0.2, -0.15) is 0 Å². The summed E-state index contributed by atoms with van der Waals surface area (Å²) in [5.41, 5.74) is -0.836. The molecular weight excluding hydrogens is 1390 g/mol. The lowest BCUT2D eigenvalue weighted by Crippen LogP contribution is -2.51. The van der Waals surface area contributed by atoms with Crippen molar-refractivity contribution in [3.63, 3.8) is 0 Å². The Morgan fingerprint density at radius 3 is 1.53 bits per heavy atom. The Morgan fingerprint density at radius 2 is 1.02 bits per heavy atom. The fourth-order valence-corrected chi connectivity index (χ4v) is 13.6. The third-order valence-electron chi connectivity index (χ3n) is 19.5.